The fraction of sp³-hybridized carbons (Fsp3) is 0.0714. The summed E-state index contributed by atoms with van der Waals surface area (Å²) in [6.45, 7) is 0. The summed E-state index contributed by atoms with van der Waals surface area (Å²) in [5.41, 5.74) is 15.0. The monoisotopic (exact) mass is 256 g/mol. The molecule has 3 rings (SSSR count). The van der Waals surface area contributed by atoms with E-state index in [1.54, 1.807) is 24.3 Å². The Labute approximate surface area is 109 Å². The molecule has 0 aliphatic rings. The third-order valence-corrected chi connectivity index (χ3v) is 3.08. The van der Waals surface area contributed by atoms with Crippen LogP contribution in [-0.4, -0.2) is 9.55 Å². The van der Waals surface area contributed by atoms with Crippen LogP contribution in [0.5, 0.6) is 0 Å². The molecule has 2 aromatic carbocycles. The van der Waals surface area contributed by atoms with Gasteiger partial charge in [-0.1, -0.05) is 0 Å². The van der Waals surface area contributed by atoms with E-state index >= 15 is 0 Å². The van der Waals surface area contributed by atoms with Crippen molar-refractivity contribution >= 4 is 22.4 Å². The summed E-state index contributed by atoms with van der Waals surface area (Å²) in [7, 11) is 1.84. The molecule has 0 saturated carbocycles. The number of halogens is 1. The highest BCUT2D eigenvalue weighted by molar-refractivity contribution is 5.81. The molecule has 4 N–H and O–H groups in total. The number of aromatic nitrogens is 2. The molecule has 0 atom stereocenters. The van der Waals surface area contributed by atoms with Gasteiger partial charge in [0.25, 0.3) is 0 Å². The third kappa shape index (κ3) is 1.89. The van der Waals surface area contributed by atoms with Gasteiger partial charge in [-0.3, -0.25) is 0 Å². The van der Waals surface area contributed by atoms with E-state index in [1.807, 2.05) is 11.6 Å². The molecule has 19 heavy (non-hydrogen) atoms. The van der Waals surface area contributed by atoms with Gasteiger partial charge in [0, 0.05) is 24.0 Å². The highest BCUT2D eigenvalue weighted by Gasteiger charge is 2.11. The number of hydrogen-bond donors (Lipinski definition) is 2. The summed E-state index contributed by atoms with van der Waals surface area (Å²) in [4.78, 5) is 4.49. The molecule has 0 bridgehead atoms. The van der Waals surface area contributed by atoms with Gasteiger partial charge in [-0.15, -0.1) is 0 Å². The number of fused-ring (bicyclic) bond motifs is 1. The van der Waals surface area contributed by atoms with Crippen molar-refractivity contribution in [1.29, 1.82) is 0 Å². The van der Waals surface area contributed by atoms with Crippen LogP contribution in [0.25, 0.3) is 22.4 Å². The zero-order valence-electron chi connectivity index (χ0n) is 10.4. The molecular weight excluding hydrogens is 243 g/mol. The minimum atomic E-state index is -0.283. The maximum absolute atomic E-state index is 13.3. The summed E-state index contributed by atoms with van der Waals surface area (Å²) >= 11 is 0. The number of imidazole rings is 1. The lowest BCUT2D eigenvalue weighted by Crippen LogP contribution is -1.96. The van der Waals surface area contributed by atoms with Crippen molar-refractivity contribution in [3.05, 3.63) is 42.2 Å². The number of nitrogen functional groups attached to an aromatic ring is 2. The molecule has 1 heterocycles. The lowest BCUT2D eigenvalue weighted by Gasteiger charge is -2.05. The Kier molecular flexibility index (Phi) is 2.41. The number of nitrogens with two attached hydrogens (primary N) is 2. The van der Waals surface area contributed by atoms with E-state index in [0.717, 1.165) is 16.6 Å². The highest BCUT2D eigenvalue weighted by Crippen LogP contribution is 2.27. The fourth-order valence-electron chi connectivity index (χ4n) is 2.23. The number of rotatable bonds is 1. The lowest BCUT2D eigenvalue weighted by atomic mass is 10.1. The zero-order valence-corrected chi connectivity index (χ0v) is 10.4. The summed E-state index contributed by atoms with van der Waals surface area (Å²) in [5.74, 6) is 0.425. The van der Waals surface area contributed by atoms with E-state index in [4.69, 9.17) is 11.5 Å². The number of aryl methyl sites for hydroxylation is 1. The van der Waals surface area contributed by atoms with Crippen LogP contribution in [-0.2, 0) is 7.05 Å². The Morgan fingerprint density at radius 2 is 1.74 bits per heavy atom. The lowest BCUT2D eigenvalue weighted by molar-refractivity contribution is 0.629. The van der Waals surface area contributed by atoms with Gasteiger partial charge >= 0.3 is 0 Å². The van der Waals surface area contributed by atoms with E-state index in [9.17, 15) is 4.39 Å². The molecule has 0 fully saturated rings. The van der Waals surface area contributed by atoms with E-state index in [2.05, 4.69) is 4.98 Å². The van der Waals surface area contributed by atoms with Crippen molar-refractivity contribution in [2.45, 2.75) is 0 Å². The summed E-state index contributed by atoms with van der Waals surface area (Å²) < 4.78 is 15.1. The summed E-state index contributed by atoms with van der Waals surface area (Å²) in [6, 6.07) is 9.80. The minimum Gasteiger partial charge on any atom is -0.399 e. The van der Waals surface area contributed by atoms with Gasteiger partial charge in [0.2, 0.25) is 0 Å². The number of anilines is 2. The third-order valence-electron chi connectivity index (χ3n) is 3.08. The molecule has 5 heteroatoms. The average Bonchev–Trinajstić information content (AvgIpc) is 2.66. The van der Waals surface area contributed by atoms with Crippen LogP contribution >= 0.6 is 0 Å². The summed E-state index contributed by atoms with van der Waals surface area (Å²) in [6.07, 6.45) is 0. The quantitative estimate of drug-likeness (QED) is 0.657. The summed E-state index contributed by atoms with van der Waals surface area (Å²) in [5, 5.41) is 0. The zero-order chi connectivity index (χ0) is 13.6. The van der Waals surface area contributed by atoms with Gasteiger partial charge in [0.15, 0.2) is 0 Å². The van der Waals surface area contributed by atoms with Gasteiger partial charge in [0.05, 0.1) is 11.0 Å². The molecule has 0 unspecified atom stereocenters. The molecule has 1 aromatic heterocycles. The van der Waals surface area contributed by atoms with Crippen LogP contribution in [0.4, 0.5) is 15.8 Å². The van der Waals surface area contributed by atoms with E-state index < -0.39 is 0 Å². The van der Waals surface area contributed by atoms with Crippen molar-refractivity contribution in [3.63, 3.8) is 0 Å². The predicted octanol–water partition coefficient (Wildman–Crippen LogP) is 2.54. The average molecular weight is 256 g/mol. The van der Waals surface area contributed by atoms with Crippen LogP contribution < -0.4 is 11.5 Å². The first-order valence-corrected chi connectivity index (χ1v) is 5.83. The first-order valence-electron chi connectivity index (χ1n) is 5.83. The number of hydrogen-bond acceptors (Lipinski definition) is 3. The topological polar surface area (TPSA) is 69.9 Å². The number of benzene rings is 2. The standard InChI is InChI=1S/C14H13FN4/c1-19-13-6-9(15)2-3-12(13)18-14(19)8-4-10(16)7-11(17)5-8/h2-7H,16-17H2,1H3. The van der Waals surface area contributed by atoms with Gasteiger partial charge in [-0.05, 0) is 36.4 Å². The van der Waals surface area contributed by atoms with Crippen molar-refractivity contribution < 1.29 is 4.39 Å². The van der Waals surface area contributed by atoms with E-state index in [1.165, 1.54) is 12.1 Å². The first-order chi connectivity index (χ1) is 9.04. The van der Waals surface area contributed by atoms with Crippen molar-refractivity contribution in [3.8, 4) is 11.4 Å². The second-order valence-electron chi connectivity index (χ2n) is 4.52. The maximum atomic E-state index is 13.3. The van der Waals surface area contributed by atoms with Crippen molar-refractivity contribution in [1.82, 2.24) is 9.55 Å². The Hall–Kier alpha value is -2.56. The molecular formula is C14H13FN4. The molecule has 4 nitrogen and oxygen atoms in total. The normalized spacial score (nSPS) is 11.1. The number of nitrogens with zero attached hydrogens (tertiary/aromatic N) is 2. The SMILES string of the molecule is Cn1c(-c2cc(N)cc(N)c2)nc2ccc(F)cc21. The van der Waals surface area contributed by atoms with Gasteiger partial charge in [0.1, 0.15) is 11.6 Å². The minimum absolute atomic E-state index is 0.283. The molecule has 0 spiro atoms. The Bertz CT molecular complexity index is 756. The Balaban J connectivity index is 2.27. The van der Waals surface area contributed by atoms with Crippen LogP contribution in [0.15, 0.2) is 36.4 Å². The second kappa shape index (κ2) is 3.98. The van der Waals surface area contributed by atoms with Gasteiger partial charge < -0.3 is 16.0 Å². The molecule has 0 radical (unpaired) electrons. The van der Waals surface area contributed by atoms with Crippen molar-refractivity contribution in [2.24, 2.45) is 7.05 Å². The molecule has 3 aromatic rings. The fourth-order valence-corrected chi connectivity index (χ4v) is 2.23. The molecule has 0 aliphatic heterocycles. The van der Waals surface area contributed by atoms with Crippen molar-refractivity contribution in [2.75, 3.05) is 11.5 Å². The van der Waals surface area contributed by atoms with E-state index in [0.29, 0.717) is 17.2 Å². The molecule has 0 amide bonds. The molecule has 0 saturated heterocycles. The second-order valence-corrected chi connectivity index (χ2v) is 4.52. The molecule has 96 valence electrons. The van der Waals surface area contributed by atoms with Gasteiger partial charge in [-0.25, -0.2) is 9.37 Å². The smallest absolute Gasteiger partial charge is 0.141 e. The Morgan fingerprint density at radius 1 is 1.05 bits per heavy atom. The largest absolute Gasteiger partial charge is 0.399 e. The molecule has 0 aliphatic carbocycles. The first kappa shape index (κ1) is 11.5. The van der Waals surface area contributed by atoms with Crippen LogP contribution in [0.3, 0.4) is 0 Å². The Morgan fingerprint density at radius 3 is 2.42 bits per heavy atom. The van der Waals surface area contributed by atoms with E-state index in [-0.39, 0.29) is 5.82 Å². The van der Waals surface area contributed by atoms with Crippen LogP contribution in [0.2, 0.25) is 0 Å². The van der Waals surface area contributed by atoms with Crippen LogP contribution in [0.1, 0.15) is 0 Å². The maximum Gasteiger partial charge on any atom is 0.141 e. The van der Waals surface area contributed by atoms with Crippen LogP contribution in [0, 0.1) is 5.82 Å². The predicted molar refractivity (Wildman–Crippen MR) is 74.9 cm³/mol. The highest BCUT2D eigenvalue weighted by atomic mass is 19.1. The van der Waals surface area contributed by atoms with Gasteiger partial charge in [-0.2, -0.15) is 0 Å².